The highest BCUT2D eigenvalue weighted by Gasteiger charge is 2.23. The van der Waals surface area contributed by atoms with E-state index >= 15 is 0 Å². The third kappa shape index (κ3) is 3.11. The zero-order chi connectivity index (χ0) is 11.4. The highest BCUT2D eigenvalue weighted by atomic mass is 16.5. The standard InChI is InChI=1S/C12H22N2O2/c1-10-3-2-4-11(9-10)13-12(15)14-5-7-16-8-6-14/h10-11H,2-9H2,1H3,(H,13,15)/t10-,11-/m1/s1. The molecular weight excluding hydrogens is 204 g/mol. The maximum absolute atomic E-state index is 11.9. The van der Waals surface area contributed by atoms with Gasteiger partial charge in [0.05, 0.1) is 13.2 Å². The summed E-state index contributed by atoms with van der Waals surface area (Å²) in [6.07, 6.45) is 4.83. The van der Waals surface area contributed by atoms with Crippen LogP contribution in [0.4, 0.5) is 4.79 Å². The molecule has 2 rings (SSSR count). The molecule has 0 unspecified atom stereocenters. The quantitative estimate of drug-likeness (QED) is 0.738. The fourth-order valence-electron chi connectivity index (χ4n) is 2.60. The van der Waals surface area contributed by atoms with E-state index in [1.165, 1.54) is 12.8 Å². The van der Waals surface area contributed by atoms with Gasteiger partial charge in [-0.1, -0.05) is 19.8 Å². The summed E-state index contributed by atoms with van der Waals surface area (Å²) in [5, 5.41) is 3.15. The maximum atomic E-state index is 11.9. The topological polar surface area (TPSA) is 41.6 Å². The maximum Gasteiger partial charge on any atom is 0.317 e. The Labute approximate surface area is 97.3 Å². The van der Waals surface area contributed by atoms with Crippen molar-refractivity contribution < 1.29 is 9.53 Å². The lowest BCUT2D eigenvalue weighted by Gasteiger charge is -2.32. The summed E-state index contributed by atoms with van der Waals surface area (Å²) in [6.45, 7) is 5.08. The van der Waals surface area contributed by atoms with E-state index in [0.717, 1.165) is 31.8 Å². The number of carbonyl (C=O) groups excluding carboxylic acids is 1. The molecule has 2 aliphatic rings. The first-order valence-electron chi connectivity index (χ1n) is 6.39. The minimum atomic E-state index is 0.0994. The normalized spacial score (nSPS) is 31.2. The highest BCUT2D eigenvalue weighted by Crippen LogP contribution is 2.23. The monoisotopic (exact) mass is 226 g/mol. The molecule has 92 valence electrons. The minimum Gasteiger partial charge on any atom is -0.378 e. The number of nitrogens with one attached hydrogen (secondary N) is 1. The number of morpholine rings is 1. The molecule has 1 heterocycles. The first kappa shape index (κ1) is 11.7. The van der Waals surface area contributed by atoms with Crippen molar-refractivity contribution >= 4 is 6.03 Å². The van der Waals surface area contributed by atoms with E-state index in [9.17, 15) is 4.79 Å². The van der Waals surface area contributed by atoms with Crippen LogP contribution in [0.15, 0.2) is 0 Å². The second-order valence-corrected chi connectivity index (χ2v) is 5.02. The van der Waals surface area contributed by atoms with Gasteiger partial charge in [-0.2, -0.15) is 0 Å². The SMILES string of the molecule is C[C@@H]1CCC[C@@H](NC(=O)N2CCOCC2)C1. The molecule has 1 aliphatic heterocycles. The molecule has 1 aliphatic carbocycles. The third-order valence-electron chi connectivity index (χ3n) is 3.56. The van der Waals surface area contributed by atoms with Crippen molar-refractivity contribution in [2.24, 2.45) is 5.92 Å². The largest absolute Gasteiger partial charge is 0.378 e. The number of amides is 2. The molecule has 2 fully saturated rings. The van der Waals surface area contributed by atoms with Gasteiger partial charge in [0, 0.05) is 19.1 Å². The molecule has 0 aromatic rings. The van der Waals surface area contributed by atoms with Crippen molar-refractivity contribution in [1.82, 2.24) is 10.2 Å². The Bertz CT molecular complexity index is 239. The summed E-state index contributed by atoms with van der Waals surface area (Å²) < 4.78 is 5.24. The molecule has 2 atom stereocenters. The molecule has 0 spiro atoms. The summed E-state index contributed by atoms with van der Waals surface area (Å²) in [5.74, 6) is 0.753. The lowest BCUT2D eigenvalue weighted by atomic mass is 9.87. The van der Waals surface area contributed by atoms with Gasteiger partial charge >= 0.3 is 6.03 Å². The molecule has 1 saturated heterocycles. The average Bonchev–Trinajstić information content (AvgIpc) is 2.30. The van der Waals surface area contributed by atoms with Crippen LogP contribution in [-0.2, 0) is 4.74 Å². The van der Waals surface area contributed by atoms with Crippen LogP contribution in [0.1, 0.15) is 32.6 Å². The van der Waals surface area contributed by atoms with Gasteiger partial charge in [0.2, 0.25) is 0 Å². The van der Waals surface area contributed by atoms with Crippen LogP contribution >= 0.6 is 0 Å². The Morgan fingerprint density at radius 1 is 1.31 bits per heavy atom. The van der Waals surface area contributed by atoms with E-state index in [-0.39, 0.29) is 6.03 Å². The van der Waals surface area contributed by atoms with E-state index in [4.69, 9.17) is 4.74 Å². The molecule has 1 saturated carbocycles. The van der Waals surface area contributed by atoms with Crippen LogP contribution in [0.5, 0.6) is 0 Å². The molecule has 4 nitrogen and oxygen atoms in total. The summed E-state index contributed by atoms with van der Waals surface area (Å²) in [4.78, 5) is 13.8. The van der Waals surface area contributed by atoms with Crippen molar-refractivity contribution in [2.75, 3.05) is 26.3 Å². The van der Waals surface area contributed by atoms with Crippen LogP contribution in [0.3, 0.4) is 0 Å². The summed E-state index contributed by atoms with van der Waals surface area (Å²) in [6, 6.07) is 0.487. The highest BCUT2D eigenvalue weighted by molar-refractivity contribution is 5.74. The third-order valence-corrected chi connectivity index (χ3v) is 3.56. The van der Waals surface area contributed by atoms with E-state index in [2.05, 4.69) is 12.2 Å². The van der Waals surface area contributed by atoms with Crippen molar-refractivity contribution in [3.8, 4) is 0 Å². The molecular formula is C12H22N2O2. The molecule has 0 aromatic heterocycles. The predicted octanol–water partition coefficient (Wildman–Crippen LogP) is 1.61. The minimum absolute atomic E-state index is 0.0994. The smallest absolute Gasteiger partial charge is 0.317 e. The molecule has 0 aromatic carbocycles. The number of hydrogen-bond donors (Lipinski definition) is 1. The number of carbonyl (C=O) groups is 1. The Hall–Kier alpha value is -0.770. The zero-order valence-corrected chi connectivity index (χ0v) is 10.1. The van der Waals surface area contributed by atoms with Gasteiger partial charge in [0.25, 0.3) is 0 Å². The van der Waals surface area contributed by atoms with Gasteiger partial charge in [0.1, 0.15) is 0 Å². The van der Waals surface area contributed by atoms with Crippen molar-refractivity contribution in [1.29, 1.82) is 0 Å². The van der Waals surface area contributed by atoms with E-state index in [1.54, 1.807) is 0 Å². The Balaban J connectivity index is 1.77. The lowest BCUT2D eigenvalue weighted by Crippen LogP contribution is -2.50. The summed E-state index contributed by atoms with van der Waals surface area (Å²) >= 11 is 0. The molecule has 16 heavy (non-hydrogen) atoms. The van der Waals surface area contributed by atoms with E-state index < -0.39 is 0 Å². The number of nitrogens with zero attached hydrogens (tertiary/aromatic N) is 1. The second-order valence-electron chi connectivity index (χ2n) is 5.02. The molecule has 2 amide bonds. The van der Waals surface area contributed by atoms with Crippen LogP contribution in [0.25, 0.3) is 0 Å². The first-order valence-corrected chi connectivity index (χ1v) is 6.39. The van der Waals surface area contributed by atoms with Crippen molar-refractivity contribution in [3.63, 3.8) is 0 Å². The van der Waals surface area contributed by atoms with Crippen LogP contribution in [0, 0.1) is 5.92 Å². The van der Waals surface area contributed by atoms with Gasteiger partial charge in [-0.25, -0.2) is 4.79 Å². The number of rotatable bonds is 1. The van der Waals surface area contributed by atoms with Gasteiger partial charge < -0.3 is 15.0 Å². The predicted molar refractivity (Wildman–Crippen MR) is 62.3 cm³/mol. The number of ether oxygens (including phenoxy) is 1. The lowest BCUT2D eigenvalue weighted by molar-refractivity contribution is 0.0519. The average molecular weight is 226 g/mol. The van der Waals surface area contributed by atoms with Gasteiger partial charge in [0.15, 0.2) is 0 Å². The van der Waals surface area contributed by atoms with Gasteiger partial charge in [-0.05, 0) is 18.8 Å². The van der Waals surface area contributed by atoms with Crippen LogP contribution in [-0.4, -0.2) is 43.3 Å². The summed E-state index contributed by atoms with van der Waals surface area (Å²) in [7, 11) is 0. The fourth-order valence-corrected chi connectivity index (χ4v) is 2.60. The number of hydrogen-bond acceptors (Lipinski definition) is 2. The van der Waals surface area contributed by atoms with Crippen LogP contribution in [0.2, 0.25) is 0 Å². The van der Waals surface area contributed by atoms with Crippen LogP contribution < -0.4 is 5.32 Å². The zero-order valence-electron chi connectivity index (χ0n) is 10.1. The Morgan fingerprint density at radius 2 is 2.06 bits per heavy atom. The van der Waals surface area contributed by atoms with Gasteiger partial charge in [-0.3, -0.25) is 0 Å². The molecule has 4 heteroatoms. The van der Waals surface area contributed by atoms with Gasteiger partial charge in [-0.15, -0.1) is 0 Å². The number of urea groups is 1. The van der Waals surface area contributed by atoms with Crippen molar-refractivity contribution in [2.45, 2.75) is 38.6 Å². The molecule has 0 bridgehead atoms. The Kier molecular flexibility index (Phi) is 4.04. The molecule has 1 N–H and O–H groups in total. The second kappa shape index (κ2) is 5.53. The molecule has 0 radical (unpaired) electrons. The Morgan fingerprint density at radius 3 is 2.75 bits per heavy atom. The fraction of sp³-hybridized carbons (Fsp3) is 0.917. The van der Waals surface area contributed by atoms with Crippen molar-refractivity contribution in [3.05, 3.63) is 0 Å². The van der Waals surface area contributed by atoms with E-state index in [0.29, 0.717) is 19.3 Å². The first-order chi connectivity index (χ1) is 7.75. The van der Waals surface area contributed by atoms with E-state index in [1.807, 2.05) is 4.90 Å². The summed E-state index contributed by atoms with van der Waals surface area (Å²) in [5.41, 5.74) is 0.